The van der Waals surface area contributed by atoms with E-state index in [9.17, 15) is 44.3 Å². The van der Waals surface area contributed by atoms with Crippen LogP contribution in [0.1, 0.15) is 12.5 Å². The third-order valence-corrected chi connectivity index (χ3v) is 6.18. The van der Waals surface area contributed by atoms with E-state index < -0.39 is 35.7 Å². The van der Waals surface area contributed by atoms with E-state index >= 15 is 0 Å². The highest BCUT2D eigenvalue weighted by atomic mass is 19.4. The Kier molecular flexibility index (Phi) is 8.56. The van der Waals surface area contributed by atoms with Gasteiger partial charge in [-0.1, -0.05) is 12.1 Å². The van der Waals surface area contributed by atoms with Gasteiger partial charge < -0.3 is 15.0 Å². The van der Waals surface area contributed by atoms with Crippen LogP contribution in [0.3, 0.4) is 0 Å². The Bertz CT molecular complexity index is 908. The van der Waals surface area contributed by atoms with Crippen LogP contribution in [-0.4, -0.2) is 87.4 Å². The molecule has 3 rings (SSSR count). The summed E-state index contributed by atoms with van der Waals surface area (Å²) in [6.07, 6.45) is -18.6. The van der Waals surface area contributed by atoms with E-state index in [0.29, 0.717) is 63.8 Å². The second kappa shape index (κ2) is 10.8. The molecule has 1 N–H and O–H groups in total. The van der Waals surface area contributed by atoms with Crippen LogP contribution in [0.4, 0.5) is 45.2 Å². The number of benzene rings is 1. The molecule has 2 saturated heterocycles. The number of rotatable bonds is 6. The molecule has 0 unspecified atom stereocenters. The van der Waals surface area contributed by atoms with Gasteiger partial charge in [0.05, 0.1) is 19.3 Å². The SMILES string of the molecule is C[C@H]1COCCN1C[C@H]1CNCCN1c1ccc(C(OOC(=O)C(F)(F)F)(C(F)(F)F)C(F)(F)F)cc1. The summed E-state index contributed by atoms with van der Waals surface area (Å²) in [6, 6.07) is 2.77. The molecule has 0 aromatic heterocycles. The van der Waals surface area contributed by atoms with Crippen molar-refractivity contribution >= 4 is 11.7 Å². The van der Waals surface area contributed by atoms with Crippen LogP contribution in [0.15, 0.2) is 24.3 Å². The lowest BCUT2D eigenvalue weighted by atomic mass is 9.91. The maximum atomic E-state index is 13.8. The van der Waals surface area contributed by atoms with E-state index in [1.165, 1.54) is 0 Å². The maximum absolute atomic E-state index is 13.8. The molecular weight excluding hydrogens is 529 g/mol. The van der Waals surface area contributed by atoms with Crippen LogP contribution >= 0.6 is 0 Å². The summed E-state index contributed by atoms with van der Waals surface area (Å²) in [5.41, 5.74) is -6.67. The highest BCUT2D eigenvalue weighted by Gasteiger charge is 2.76. The van der Waals surface area contributed by atoms with Gasteiger partial charge in [0.2, 0.25) is 0 Å². The number of carbonyl (C=O) groups excluding carboxylic acids is 1. The lowest BCUT2D eigenvalue weighted by Gasteiger charge is -2.43. The van der Waals surface area contributed by atoms with Crippen molar-refractivity contribution in [1.82, 2.24) is 10.2 Å². The Morgan fingerprint density at radius 3 is 2.19 bits per heavy atom. The van der Waals surface area contributed by atoms with Crippen molar-refractivity contribution in [2.24, 2.45) is 0 Å². The quantitative estimate of drug-likeness (QED) is 0.329. The molecule has 37 heavy (non-hydrogen) atoms. The maximum Gasteiger partial charge on any atom is 0.494 e. The average molecular weight is 553 g/mol. The largest absolute Gasteiger partial charge is 0.494 e. The first-order valence-electron chi connectivity index (χ1n) is 11.1. The van der Waals surface area contributed by atoms with Crippen LogP contribution in [0.2, 0.25) is 0 Å². The van der Waals surface area contributed by atoms with Crippen molar-refractivity contribution in [2.45, 2.75) is 43.1 Å². The Labute approximate surface area is 205 Å². The van der Waals surface area contributed by atoms with Crippen molar-refractivity contribution in [3.63, 3.8) is 0 Å². The average Bonchev–Trinajstić information content (AvgIpc) is 2.79. The number of hydrogen-bond donors (Lipinski definition) is 1. The first-order valence-corrected chi connectivity index (χ1v) is 11.1. The van der Waals surface area contributed by atoms with Crippen LogP contribution in [0.25, 0.3) is 0 Å². The second-order valence-corrected chi connectivity index (χ2v) is 8.65. The molecule has 7 nitrogen and oxygen atoms in total. The fraction of sp³-hybridized carbons (Fsp3) is 0.667. The molecule has 2 atom stereocenters. The van der Waals surface area contributed by atoms with Crippen molar-refractivity contribution < 1.29 is 58.8 Å². The Hall–Kier alpha value is -2.30. The molecule has 0 saturated carbocycles. The van der Waals surface area contributed by atoms with Crippen molar-refractivity contribution in [2.75, 3.05) is 50.8 Å². The number of ether oxygens (including phenoxy) is 1. The van der Waals surface area contributed by atoms with Gasteiger partial charge in [-0.2, -0.15) is 44.4 Å². The zero-order valence-corrected chi connectivity index (χ0v) is 19.3. The molecule has 2 aliphatic rings. The number of anilines is 1. The number of halogens is 9. The summed E-state index contributed by atoms with van der Waals surface area (Å²) in [5.74, 6) is -3.37. The first kappa shape index (κ1) is 29.3. The fourth-order valence-corrected chi connectivity index (χ4v) is 4.23. The fourth-order valence-electron chi connectivity index (χ4n) is 4.23. The summed E-state index contributed by atoms with van der Waals surface area (Å²) in [7, 11) is 0. The molecule has 0 bridgehead atoms. The zero-order valence-electron chi connectivity index (χ0n) is 19.3. The second-order valence-electron chi connectivity index (χ2n) is 8.65. The number of nitrogens with one attached hydrogen (secondary N) is 1. The monoisotopic (exact) mass is 553 g/mol. The van der Waals surface area contributed by atoms with Gasteiger partial charge >= 0.3 is 30.1 Å². The summed E-state index contributed by atoms with van der Waals surface area (Å²) in [4.78, 5) is 21.1. The molecule has 0 amide bonds. The van der Waals surface area contributed by atoms with Gasteiger partial charge in [0, 0.05) is 50.0 Å². The lowest BCUT2D eigenvalue weighted by Crippen LogP contribution is -2.58. The van der Waals surface area contributed by atoms with Crippen LogP contribution in [0.5, 0.6) is 0 Å². The molecule has 0 aliphatic carbocycles. The van der Waals surface area contributed by atoms with E-state index in [2.05, 4.69) is 20.0 Å². The summed E-state index contributed by atoms with van der Waals surface area (Å²) >= 11 is 0. The molecule has 2 heterocycles. The number of hydrogen-bond acceptors (Lipinski definition) is 7. The molecule has 16 heteroatoms. The van der Waals surface area contributed by atoms with Crippen LogP contribution in [-0.2, 0) is 24.9 Å². The molecule has 1 aromatic rings. The first-order chi connectivity index (χ1) is 17.1. The highest BCUT2D eigenvalue weighted by Crippen LogP contribution is 2.53. The molecule has 210 valence electrons. The third-order valence-electron chi connectivity index (χ3n) is 6.18. The molecule has 2 aliphatic heterocycles. The zero-order chi connectivity index (χ0) is 27.6. The normalized spacial score (nSPS) is 22.7. The van der Waals surface area contributed by atoms with Gasteiger partial charge in [0.1, 0.15) is 0 Å². The Balaban J connectivity index is 1.91. The van der Waals surface area contributed by atoms with Gasteiger partial charge in [-0.3, -0.25) is 9.79 Å². The van der Waals surface area contributed by atoms with Crippen LogP contribution < -0.4 is 10.2 Å². The highest BCUT2D eigenvalue weighted by molar-refractivity contribution is 5.75. The summed E-state index contributed by atoms with van der Waals surface area (Å²) < 4.78 is 125. The minimum atomic E-state index is -6.34. The lowest BCUT2D eigenvalue weighted by molar-refractivity contribution is -0.478. The number of alkyl halides is 9. The van der Waals surface area contributed by atoms with Gasteiger partial charge in [-0.25, -0.2) is 4.79 Å². The van der Waals surface area contributed by atoms with E-state index in [1.807, 2.05) is 11.8 Å². The third kappa shape index (κ3) is 6.23. The molecule has 1 aromatic carbocycles. The number of nitrogens with zero attached hydrogens (tertiary/aromatic N) is 2. The van der Waals surface area contributed by atoms with Crippen molar-refractivity contribution in [1.29, 1.82) is 0 Å². The standard InChI is InChI=1S/C21H24F9N3O4/c1-13-12-35-9-8-32(13)11-16-10-31-6-7-33(16)15-4-2-14(3-5-15)18(20(25,26)27,21(28,29)30)37-36-17(34)19(22,23)24/h2-5,13,16,31H,6-12H2,1H3/t13-,16+/m0/s1. The van der Waals surface area contributed by atoms with Gasteiger partial charge in [-0.15, -0.1) is 0 Å². The van der Waals surface area contributed by atoms with E-state index in [0.717, 1.165) is 12.1 Å². The smallest absolute Gasteiger partial charge is 0.379 e. The van der Waals surface area contributed by atoms with E-state index in [4.69, 9.17) is 4.74 Å². The predicted octanol–water partition coefficient (Wildman–Crippen LogP) is 3.54. The van der Waals surface area contributed by atoms with E-state index in [1.54, 1.807) is 0 Å². The summed E-state index contributed by atoms with van der Waals surface area (Å²) in [5, 5.41) is 3.20. The molecule has 2 fully saturated rings. The van der Waals surface area contributed by atoms with Crippen LogP contribution in [0, 0.1) is 0 Å². The minimum absolute atomic E-state index is 0.107. The van der Waals surface area contributed by atoms with Gasteiger partial charge in [0.15, 0.2) is 0 Å². The van der Waals surface area contributed by atoms with Crippen molar-refractivity contribution in [3.8, 4) is 0 Å². The number of carbonyl (C=O) groups is 1. The molecule has 0 spiro atoms. The molecular formula is C21H24F9N3O4. The van der Waals surface area contributed by atoms with Gasteiger partial charge in [-0.05, 0) is 19.1 Å². The predicted molar refractivity (Wildman–Crippen MR) is 109 cm³/mol. The topological polar surface area (TPSA) is 63.3 Å². The molecule has 0 radical (unpaired) electrons. The number of morpholine rings is 1. The van der Waals surface area contributed by atoms with Gasteiger partial charge in [0.25, 0.3) is 0 Å². The Morgan fingerprint density at radius 1 is 1.03 bits per heavy atom. The minimum Gasteiger partial charge on any atom is -0.379 e. The number of piperazine rings is 1. The van der Waals surface area contributed by atoms with E-state index in [-0.39, 0.29) is 12.1 Å². The Morgan fingerprint density at radius 2 is 1.65 bits per heavy atom. The summed E-state index contributed by atoms with van der Waals surface area (Å²) in [6.45, 7) is 5.60. The van der Waals surface area contributed by atoms with Crippen molar-refractivity contribution in [3.05, 3.63) is 29.8 Å².